The molecular weight excluding hydrogens is 466 g/mol. The molecule has 2 rings (SSSR count). The van der Waals surface area contributed by atoms with Crippen molar-refractivity contribution in [1.82, 2.24) is 15.2 Å². The van der Waals surface area contributed by atoms with E-state index in [-0.39, 0.29) is 29.8 Å². The fraction of sp³-hybridized carbons (Fsp3) is 0.444. The van der Waals surface area contributed by atoms with E-state index in [4.69, 9.17) is 4.74 Å². The number of hydrogen-bond acceptors (Lipinski definition) is 4. The second kappa shape index (κ2) is 11.3. The lowest BCUT2D eigenvalue weighted by Crippen LogP contribution is -2.40. The van der Waals surface area contributed by atoms with Crippen molar-refractivity contribution < 1.29 is 9.13 Å². The molecule has 0 fully saturated rings. The molecule has 0 aliphatic rings. The first-order chi connectivity index (χ1) is 12.0. The molecule has 1 N–H and O–H groups in total. The fourth-order valence-corrected chi connectivity index (χ4v) is 3.00. The van der Waals surface area contributed by atoms with Crippen molar-refractivity contribution in [3.63, 3.8) is 0 Å². The van der Waals surface area contributed by atoms with E-state index in [0.717, 1.165) is 16.7 Å². The van der Waals surface area contributed by atoms with Gasteiger partial charge in [-0.3, -0.25) is 4.99 Å². The zero-order chi connectivity index (χ0) is 18.2. The molecule has 5 nitrogen and oxygen atoms in total. The molecular formula is C18H26FIN4OS. The van der Waals surface area contributed by atoms with E-state index in [9.17, 15) is 4.39 Å². The average molecular weight is 492 g/mol. The molecule has 0 saturated heterocycles. The maximum absolute atomic E-state index is 12.9. The number of nitrogens with one attached hydrogen (secondary N) is 1. The highest BCUT2D eigenvalue weighted by atomic mass is 127. The Bertz CT molecular complexity index is 691. The lowest BCUT2D eigenvalue weighted by molar-refractivity contribution is 0.281. The summed E-state index contributed by atoms with van der Waals surface area (Å²) in [6.07, 6.45) is 0. The number of benzene rings is 1. The van der Waals surface area contributed by atoms with E-state index in [1.807, 2.05) is 11.9 Å². The second-order valence-electron chi connectivity index (χ2n) is 5.96. The van der Waals surface area contributed by atoms with Crippen LogP contribution in [0.5, 0.6) is 5.75 Å². The van der Waals surface area contributed by atoms with Gasteiger partial charge in [-0.25, -0.2) is 9.37 Å². The Morgan fingerprint density at radius 2 is 2.04 bits per heavy atom. The smallest absolute Gasteiger partial charge is 0.193 e. The Morgan fingerprint density at radius 1 is 1.35 bits per heavy atom. The Hall–Kier alpha value is -1.42. The van der Waals surface area contributed by atoms with Crippen LogP contribution in [0.15, 0.2) is 34.6 Å². The Kier molecular flexibility index (Phi) is 9.85. The molecule has 1 aromatic heterocycles. The van der Waals surface area contributed by atoms with Gasteiger partial charge in [0.25, 0.3) is 0 Å². The topological polar surface area (TPSA) is 49.8 Å². The summed E-state index contributed by atoms with van der Waals surface area (Å²) in [7, 11) is 3.70. The van der Waals surface area contributed by atoms with Crippen LogP contribution in [0.3, 0.4) is 0 Å². The lowest BCUT2D eigenvalue weighted by Gasteiger charge is -2.21. The predicted molar refractivity (Wildman–Crippen MR) is 116 cm³/mol. The number of thiazole rings is 1. The van der Waals surface area contributed by atoms with Crippen molar-refractivity contribution in [2.24, 2.45) is 4.99 Å². The lowest BCUT2D eigenvalue weighted by atomic mass is 10.2. The Balaban J connectivity index is 0.00000338. The normalized spacial score (nSPS) is 11.2. The number of hydrogen-bond donors (Lipinski definition) is 1. The molecule has 0 spiro atoms. The summed E-state index contributed by atoms with van der Waals surface area (Å²) in [6, 6.07) is 6.02. The molecule has 0 unspecified atom stereocenters. The zero-order valence-electron chi connectivity index (χ0n) is 15.5. The van der Waals surface area contributed by atoms with Gasteiger partial charge >= 0.3 is 0 Å². The number of likely N-dealkylation sites (N-methyl/N-ethyl adjacent to an activating group) is 1. The maximum atomic E-state index is 12.9. The number of aromatic nitrogens is 1. The van der Waals surface area contributed by atoms with Crippen LogP contribution < -0.4 is 10.1 Å². The number of rotatable bonds is 7. The van der Waals surface area contributed by atoms with Crippen LogP contribution in [0.1, 0.15) is 30.5 Å². The van der Waals surface area contributed by atoms with Crippen LogP contribution in [0.25, 0.3) is 0 Å². The molecule has 144 valence electrons. The predicted octanol–water partition coefficient (Wildman–Crippen LogP) is 4.11. The summed E-state index contributed by atoms with van der Waals surface area (Å²) in [5, 5.41) is 6.53. The van der Waals surface area contributed by atoms with Crippen LogP contribution in [-0.4, -0.2) is 43.1 Å². The quantitative estimate of drug-likeness (QED) is 0.359. The molecule has 0 radical (unpaired) electrons. The number of ether oxygens (including phenoxy) is 1. The summed E-state index contributed by atoms with van der Waals surface area (Å²) in [5.41, 5.74) is 1.02. The van der Waals surface area contributed by atoms with Gasteiger partial charge in [-0.05, 0) is 24.3 Å². The number of halogens is 2. The van der Waals surface area contributed by atoms with Crippen molar-refractivity contribution in [1.29, 1.82) is 0 Å². The van der Waals surface area contributed by atoms with Gasteiger partial charge in [-0.1, -0.05) is 13.8 Å². The van der Waals surface area contributed by atoms with Crippen LogP contribution in [0, 0.1) is 5.82 Å². The fourth-order valence-electron chi connectivity index (χ4n) is 2.16. The van der Waals surface area contributed by atoms with Crippen molar-refractivity contribution in [3.05, 3.63) is 46.2 Å². The molecule has 26 heavy (non-hydrogen) atoms. The van der Waals surface area contributed by atoms with Crippen molar-refractivity contribution in [2.45, 2.75) is 26.3 Å². The van der Waals surface area contributed by atoms with Gasteiger partial charge in [0, 0.05) is 25.4 Å². The van der Waals surface area contributed by atoms with Crippen molar-refractivity contribution >= 4 is 41.3 Å². The van der Waals surface area contributed by atoms with Gasteiger partial charge in [0.2, 0.25) is 0 Å². The van der Waals surface area contributed by atoms with Crippen molar-refractivity contribution in [2.75, 3.05) is 27.2 Å². The van der Waals surface area contributed by atoms with Crippen LogP contribution >= 0.6 is 35.3 Å². The van der Waals surface area contributed by atoms with Gasteiger partial charge in [-0.2, -0.15) is 0 Å². The van der Waals surface area contributed by atoms with Gasteiger partial charge in [0.1, 0.15) is 18.2 Å². The van der Waals surface area contributed by atoms with Crippen LogP contribution in [0.2, 0.25) is 0 Å². The largest absolute Gasteiger partial charge is 0.492 e. The van der Waals surface area contributed by atoms with Crippen LogP contribution in [-0.2, 0) is 6.54 Å². The van der Waals surface area contributed by atoms with Gasteiger partial charge in [-0.15, -0.1) is 35.3 Å². The third-order valence-corrected chi connectivity index (χ3v) is 4.77. The molecule has 0 amide bonds. The van der Waals surface area contributed by atoms with E-state index in [2.05, 4.69) is 34.5 Å². The Labute approximate surface area is 175 Å². The van der Waals surface area contributed by atoms with E-state index < -0.39 is 0 Å². The minimum atomic E-state index is -0.267. The number of nitrogens with zero attached hydrogens (tertiary/aromatic N) is 3. The third kappa shape index (κ3) is 7.06. The van der Waals surface area contributed by atoms with Gasteiger partial charge < -0.3 is 15.0 Å². The molecule has 0 bridgehead atoms. The highest BCUT2D eigenvalue weighted by molar-refractivity contribution is 14.0. The van der Waals surface area contributed by atoms with E-state index >= 15 is 0 Å². The number of aliphatic imine (C=N–C) groups is 1. The Morgan fingerprint density at radius 3 is 2.62 bits per heavy atom. The zero-order valence-corrected chi connectivity index (χ0v) is 18.7. The van der Waals surface area contributed by atoms with Gasteiger partial charge in [0.05, 0.1) is 23.8 Å². The average Bonchev–Trinajstić information content (AvgIpc) is 3.06. The molecule has 0 atom stereocenters. The molecule has 0 aliphatic carbocycles. The first kappa shape index (κ1) is 22.6. The summed E-state index contributed by atoms with van der Waals surface area (Å²) < 4.78 is 18.5. The van der Waals surface area contributed by atoms with Crippen LogP contribution in [0.4, 0.5) is 4.39 Å². The highest BCUT2D eigenvalue weighted by Gasteiger charge is 2.09. The molecule has 0 aliphatic heterocycles. The summed E-state index contributed by atoms with van der Waals surface area (Å²) in [6.45, 7) is 6.06. The highest BCUT2D eigenvalue weighted by Crippen LogP contribution is 2.19. The molecule has 0 saturated carbocycles. The minimum absolute atomic E-state index is 0. The van der Waals surface area contributed by atoms with Crippen molar-refractivity contribution in [3.8, 4) is 5.75 Å². The molecule has 1 heterocycles. The molecule has 1 aromatic carbocycles. The SMILES string of the molecule is CN=C(NCc1csc(C(C)C)n1)N(C)CCOc1ccc(F)cc1.I. The standard InChI is InChI=1S/C18H25FN4OS.HI/c1-13(2)17-22-15(12-25-17)11-21-18(20-3)23(4)9-10-24-16-7-5-14(19)6-8-16;/h5-8,12-13H,9-11H2,1-4H3,(H,20,21);1H. The maximum Gasteiger partial charge on any atom is 0.193 e. The second-order valence-corrected chi connectivity index (χ2v) is 6.85. The van der Waals surface area contributed by atoms with Gasteiger partial charge in [0.15, 0.2) is 5.96 Å². The van der Waals surface area contributed by atoms with E-state index in [1.165, 1.54) is 12.1 Å². The summed E-state index contributed by atoms with van der Waals surface area (Å²) in [4.78, 5) is 10.9. The number of guanidine groups is 1. The summed E-state index contributed by atoms with van der Waals surface area (Å²) in [5.74, 6) is 1.62. The van der Waals surface area contributed by atoms with E-state index in [1.54, 1.807) is 30.5 Å². The first-order valence-electron chi connectivity index (χ1n) is 8.24. The first-order valence-corrected chi connectivity index (χ1v) is 9.12. The monoisotopic (exact) mass is 492 g/mol. The van der Waals surface area contributed by atoms with E-state index in [0.29, 0.717) is 31.4 Å². The minimum Gasteiger partial charge on any atom is -0.492 e. The molecule has 8 heteroatoms. The molecule has 2 aromatic rings. The summed E-state index contributed by atoms with van der Waals surface area (Å²) >= 11 is 1.69. The third-order valence-electron chi connectivity index (χ3n) is 3.57.